The maximum atomic E-state index is 12.9. The zero-order valence-electron chi connectivity index (χ0n) is 18.7. The largest absolute Gasteiger partial charge is 0.507 e. The molecule has 0 saturated carbocycles. The van der Waals surface area contributed by atoms with Gasteiger partial charge in [0.05, 0.1) is 15.8 Å². The van der Waals surface area contributed by atoms with Gasteiger partial charge in [-0.1, -0.05) is 60.2 Å². The lowest BCUT2D eigenvalue weighted by atomic mass is 9.87. The summed E-state index contributed by atoms with van der Waals surface area (Å²) < 4.78 is 30.7. The fourth-order valence-electron chi connectivity index (χ4n) is 3.78. The third-order valence-corrected chi connectivity index (χ3v) is 6.78. The first-order valence-corrected chi connectivity index (χ1v) is 12.2. The summed E-state index contributed by atoms with van der Waals surface area (Å²) in [7, 11) is -3.85. The molecule has 0 aliphatic heterocycles. The van der Waals surface area contributed by atoms with E-state index >= 15 is 0 Å². The van der Waals surface area contributed by atoms with Crippen LogP contribution in [0.25, 0.3) is 11.0 Å². The quantitative estimate of drug-likeness (QED) is 0.229. The molecule has 0 aliphatic rings. The summed E-state index contributed by atoms with van der Waals surface area (Å²) in [5.41, 5.74) is 1.86. The average Bonchev–Trinajstić information content (AvgIpc) is 2.83. The highest BCUT2D eigenvalue weighted by Crippen LogP contribution is 2.36. The van der Waals surface area contributed by atoms with Crippen LogP contribution < -0.4 is 10.5 Å². The number of para-hydroxylation sites is 1. The van der Waals surface area contributed by atoms with Gasteiger partial charge >= 0.3 is 5.63 Å². The molecule has 174 valence electrons. The van der Waals surface area contributed by atoms with Gasteiger partial charge in [0.1, 0.15) is 11.3 Å². The van der Waals surface area contributed by atoms with Crippen molar-refractivity contribution in [2.45, 2.75) is 31.1 Å². The Morgan fingerprint density at radius 2 is 1.65 bits per heavy atom. The minimum Gasteiger partial charge on any atom is -0.507 e. The van der Waals surface area contributed by atoms with E-state index in [4.69, 9.17) is 4.42 Å². The van der Waals surface area contributed by atoms with Gasteiger partial charge in [-0.25, -0.2) is 9.63 Å². The minimum atomic E-state index is -3.85. The van der Waals surface area contributed by atoms with Crippen LogP contribution in [0.2, 0.25) is 0 Å². The number of sulfonamides is 1. The number of aryl methyl sites for hydroxylation is 1. The van der Waals surface area contributed by atoms with E-state index in [-0.39, 0.29) is 28.2 Å². The molecule has 8 heteroatoms. The average molecular weight is 477 g/mol. The molecule has 4 aromatic rings. The van der Waals surface area contributed by atoms with Gasteiger partial charge in [-0.3, -0.25) is 0 Å². The Balaban J connectivity index is 1.70. The van der Waals surface area contributed by atoms with Gasteiger partial charge in [0.25, 0.3) is 10.0 Å². The minimum absolute atomic E-state index is 0.0980. The van der Waals surface area contributed by atoms with E-state index in [1.54, 1.807) is 43.3 Å². The van der Waals surface area contributed by atoms with Crippen LogP contribution in [-0.4, -0.2) is 19.2 Å². The molecule has 2 N–H and O–H groups in total. The molecule has 0 radical (unpaired) electrons. The molecule has 1 heterocycles. The highest BCUT2D eigenvalue weighted by atomic mass is 32.2. The lowest BCUT2D eigenvalue weighted by Crippen LogP contribution is -2.21. The van der Waals surface area contributed by atoms with Crippen molar-refractivity contribution in [3.8, 4) is 5.75 Å². The van der Waals surface area contributed by atoms with E-state index < -0.39 is 21.6 Å². The summed E-state index contributed by atoms with van der Waals surface area (Å²) in [6.07, 6.45) is 0.178. The maximum absolute atomic E-state index is 12.9. The van der Waals surface area contributed by atoms with Gasteiger partial charge in [0, 0.05) is 11.6 Å². The Kier molecular flexibility index (Phi) is 6.51. The second kappa shape index (κ2) is 9.52. The first-order chi connectivity index (χ1) is 16.3. The van der Waals surface area contributed by atoms with Crippen molar-refractivity contribution in [3.05, 3.63) is 106 Å². The molecule has 3 aromatic carbocycles. The van der Waals surface area contributed by atoms with E-state index in [0.717, 1.165) is 11.1 Å². The maximum Gasteiger partial charge on any atom is 0.343 e. The van der Waals surface area contributed by atoms with E-state index in [9.17, 15) is 18.3 Å². The Hall–Kier alpha value is -3.91. The third-order valence-electron chi connectivity index (χ3n) is 5.56. The Morgan fingerprint density at radius 3 is 2.35 bits per heavy atom. The second-order valence-electron chi connectivity index (χ2n) is 8.07. The van der Waals surface area contributed by atoms with Crippen molar-refractivity contribution >= 4 is 26.7 Å². The van der Waals surface area contributed by atoms with Crippen LogP contribution in [0.15, 0.2) is 98.1 Å². The molecular weight excluding hydrogens is 452 g/mol. The van der Waals surface area contributed by atoms with Crippen molar-refractivity contribution in [1.29, 1.82) is 0 Å². The van der Waals surface area contributed by atoms with E-state index in [0.29, 0.717) is 11.1 Å². The summed E-state index contributed by atoms with van der Waals surface area (Å²) in [4.78, 5) is 15.3. The Morgan fingerprint density at radius 1 is 1.00 bits per heavy atom. The van der Waals surface area contributed by atoms with Gasteiger partial charge in [-0.15, -0.1) is 0 Å². The second-order valence-corrected chi connectivity index (χ2v) is 9.73. The SMILES string of the molecule is CC(CC(c1ccccc1)c1c(O)c2ccccc2oc1=O)=NNS(=O)(=O)c1ccc(C)cc1. The standard InChI is InChI=1S/C26H24N2O5S/c1-17-12-14-20(15-13-17)34(31,32)28-27-18(2)16-22(19-8-4-3-5-9-19)24-25(29)21-10-6-7-11-23(21)33-26(24)30/h3-15,22,28-29H,16H2,1-2H3. The Labute approximate surface area is 197 Å². The van der Waals surface area contributed by atoms with E-state index in [1.165, 1.54) is 12.1 Å². The smallest absolute Gasteiger partial charge is 0.343 e. The summed E-state index contributed by atoms with van der Waals surface area (Å²) in [6, 6.07) is 22.4. The third kappa shape index (κ3) is 4.87. The first-order valence-electron chi connectivity index (χ1n) is 10.7. The molecule has 1 aromatic heterocycles. The zero-order chi connectivity index (χ0) is 24.3. The number of aromatic hydroxyl groups is 1. The lowest BCUT2D eigenvalue weighted by molar-refractivity contribution is 0.452. The number of hydrogen-bond donors (Lipinski definition) is 2. The zero-order valence-corrected chi connectivity index (χ0v) is 19.5. The number of fused-ring (bicyclic) bond motifs is 1. The van der Waals surface area contributed by atoms with Gasteiger partial charge in [0.2, 0.25) is 0 Å². The topological polar surface area (TPSA) is 109 Å². The van der Waals surface area contributed by atoms with Crippen LogP contribution in [-0.2, 0) is 10.0 Å². The number of nitrogens with zero attached hydrogens (tertiary/aromatic N) is 1. The van der Waals surface area contributed by atoms with Crippen molar-refractivity contribution in [2.24, 2.45) is 5.10 Å². The van der Waals surface area contributed by atoms with Crippen LogP contribution in [0.4, 0.5) is 0 Å². The number of nitrogens with one attached hydrogen (secondary N) is 1. The molecule has 34 heavy (non-hydrogen) atoms. The van der Waals surface area contributed by atoms with E-state index in [2.05, 4.69) is 9.93 Å². The van der Waals surface area contributed by atoms with Crippen LogP contribution in [0.3, 0.4) is 0 Å². The van der Waals surface area contributed by atoms with Crippen molar-refractivity contribution in [1.82, 2.24) is 4.83 Å². The summed E-state index contributed by atoms with van der Waals surface area (Å²) in [5, 5.41) is 15.5. The van der Waals surface area contributed by atoms with Crippen molar-refractivity contribution < 1.29 is 17.9 Å². The number of benzene rings is 3. The van der Waals surface area contributed by atoms with Crippen LogP contribution in [0, 0.1) is 6.92 Å². The summed E-state index contributed by atoms with van der Waals surface area (Å²) >= 11 is 0. The fourth-order valence-corrected chi connectivity index (χ4v) is 4.65. The molecule has 7 nitrogen and oxygen atoms in total. The van der Waals surface area contributed by atoms with Gasteiger partial charge in [-0.05, 0) is 50.1 Å². The summed E-state index contributed by atoms with van der Waals surface area (Å²) in [5.74, 6) is -0.761. The van der Waals surface area contributed by atoms with E-state index in [1.807, 2.05) is 37.3 Å². The monoisotopic (exact) mass is 476 g/mol. The van der Waals surface area contributed by atoms with Gasteiger partial charge in [-0.2, -0.15) is 13.5 Å². The van der Waals surface area contributed by atoms with Gasteiger partial charge in [0.15, 0.2) is 0 Å². The highest BCUT2D eigenvalue weighted by Gasteiger charge is 2.25. The van der Waals surface area contributed by atoms with Crippen LogP contribution in [0.1, 0.15) is 36.0 Å². The number of hydrazone groups is 1. The molecule has 0 amide bonds. The molecule has 4 rings (SSSR count). The first kappa shape index (κ1) is 23.3. The molecule has 1 atom stereocenters. The fraction of sp³-hybridized carbons (Fsp3) is 0.154. The van der Waals surface area contributed by atoms with Crippen LogP contribution in [0.5, 0.6) is 5.75 Å². The highest BCUT2D eigenvalue weighted by molar-refractivity contribution is 7.89. The molecule has 0 bridgehead atoms. The molecule has 0 aliphatic carbocycles. The number of hydrogen-bond acceptors (Lipinski definition) is 6. The molecule has 1 unspecified atom stereocenters. The normalized spacial score (nSPS) is 13.1. The predicted octanol–water partition coefficient (Wildman–Crippen LogP) is 4.68. The number of rotatable bonds is 7. The molecule has 0 spiro atoms. The van der Waals surface area contributed by atoms with Gasteiger partial charge < -0.3 is 9.52 Å². The Bertz CT molecular complexity index is 1510. The predicted molar refractivity (Wildman–Crippen MR) is 132 cm³/mol. The molecule has 0 fully saturated rings. The van der Waals surface area contributed by atoms with Crippen molar-refractivity contribution in [3.63, 3.8) is 0 Å². The molecule has 0 saturated heterocycles. The van der Waals surface area contributed by atoms with Crippen molar-refractivity contribution in [2.75, 3.05) is 0 Å². The van der Waals surface area contributed by atoms with Crippen LogP contribution >= 0.6 is 0 Å². The lowest BCUT2D eigenvalue weighted by Gasteiger charge is -2.18. The summed E-state index contributed by atoms with van der Waals surface area (Å²) in [6.45, 7) is 3.53. The molecular formula is C26H24N2O5S.